The molecule has 2 aliphatic heterocycles. The van der Waals surface area contributed by atoms with Gasteiger partial charge >= 0.3 is 0 Å². The van der Waals surface area contributed by atoms with Crippen molar-refractivity contribution in [1.82, 2.24) is 4.90 Å². The van der Waals surface area contributed by atoms with Crippen LogP contribution in [0.1, 0.15) is 69.4 Å². The molecule has 5 saturated carbocycles. The maximum absolute atomic E-state index is 12.0. The molecule has 0 radical (unpaired) electrons. The summed E-state index contributed by atoms with van der Waals surface area (Å²) in [4.78, 5) is 2.84. The molecule has 5 heteroatoms. The molecule has 5 nitrogen and oxygen atoms in total. The van der Waals surface area contributed by atoms with Crippen LogP contribution in [0, 0.1) is 23.2 Å². The maximum atomic E-state index is 12.0. The lowest BCUT2D eigenvalue weighted by Crippen LogP contribution is -2.82. The number of phenols is 1. The molecule has 8 aliphatic rings. The Morgan fingerprint density at radius 1 is 1.18 bits per heavy atom. The molecule has 33 heavy (non-hydrogen) atoms. The van der Waals surface area contributed by atoms with Crippen LogP contribution in [0.3, 0.4) is 0 Å². The monoisotopic (exact) mass is 451 g/mol. The average molecular weight is 452 g/mol. The molecule has 0 aromatic heterocycles. The zero-order chi connectivity index (χ0) is 22.4. The third-order valence-electron chi connectivity index (χ3n) is 11.8. The number of methoxy groups -OCH3 is 1. The number of piperidine rings is 1. The first-order valence-electron chi connectivity index (χ1n) is 13.4. The fourth-order valence-corrected chi connectivity index (χ4v) is 10.0. The third-order valence-corrected chi connectivity index (χ3v) is 11.8. The summed E-state index contributed by atoms with van der Waals surface area (Å²) < 4.78 is 13.4. The van der Waals surface area contributed by atoms with Crippen LogP contribution in [0.4, 0.5) is 0 Å². The molecule has 2 heterocycles. The van der Waals surface area contributed by atoms with Crippen LogP contribution in [-0.4, -0.2) is 58.7 Å². The highest BCUT2D eigenvalue weighted by atomic mass is 16.6. The van der Waals surface area contributed by atoms with Crippen molar-refractivity contribution in [3.05, 3.63) is 23.3 Å². The number of aliphatic hydroxyl groups is 1. The van der Waals surface area contributed by atoms with Gasteiger partial charge in [-0.25, -0.2) is 0 Å². The number of rotatable bonds is 5. The number of hydrogen-bond donors (Lipinski definition) is 2. The van der Waals surface area contributed by atoms with Crippen molar-refractivity contribution in [2.45, 2.75) is 93.5 Å². The van der Waals surface area contributed by atoms with Gasteiger partial charge in [0.05, 0.1) is 5.60 Å². The molecular weight excluding hydrogens is 414 g/mol. The average Bonchev–Trinajstić information content (AvgIpc) is 3.73. The molecule has 0 unspecified atom stereocenters. The van der Waals surface area contributed by atoms with Crippen LogP contribution in [0.2, 0.25) is 0 Å². The van der Waals surface area contributed by atoms with Gasteiger partial charge in [0, 0.05) is 42.0 Å². The number of benzene rings is 1. The van der Waals surface area contributed by atoms with Gasteiger partial charge in [-0.05, 0) is 94.7 Å². The Kier molecular flexibility index (Phi) is 3.57. The largest absolute Gasteiger partial charge is 0.504 e. The first kappa shape index (κ1) is 19.9. The topological polar surface area (TPSA) is 62.2 Å². The van der Waals surface area contributed by atoms with Crippen molar-refractivity contribution >= 4 is 0 Å². The summed E-state index contributed by atoms with van der Waals surface area (Å²) in [6.45, 7) is 4.43. The zero-order valence-electron chi connectivity index (χ0n) is 20.0. The summed E-state index contributed by atoms with van der Waals surface area (Å²) in [6.07, 6.45) is 10.1. The van der Waals surface area contributed by atoms with E-state index in [1.165, 1.54) is 30.5 Å². The number of aromatic hydroxyl groups is 1. The number of fused-ring (bicyclic) bond motifs is 2. The van der Waals surface area contributed by atoms with E-state index in [1.54, 1.807) is 0 Å². The Labute approximate surface area is 196 Å². The summed E-state index contributed by atoms with van der Waals surface area (Å²) in [6, 6.07) is 4.51. The third kappa shape index (κ3) is 2.10. The van der Waals surface area contributed by atoms with Crippen LogP contribution in [0.5, 0.6) is 11.5 Å². The Hall–Kier alpha value is -1.30. The van der Waals surface area contributed by atoms with Crippen LogP contribution in [0.25, 0.3) is 0 Å². The van der Waals surface area contributed by atoms with Gasteiger partial charge in [0.1, 0.15) is 11.7 Å². The fraction of sp³-hybridized carbons (Fsp3) is 0.786. The smallest absolute Gasteiger partial charge is 0.165 e. The molecule has 9 rings (SSSR count). The molecule has 1 aromatic carbocycles. The van der Waals surface area contributed by atoms with E-state index >= 15 is 0 Å². The summed E-state index contributed by atoms with van der Waals surface area (Å²) in [5, 5.41) is 22.9. The van der Waals surface area contributed by atoms with E-state index in [0.717, 1.165) is 63.2 Å². The van der Waals surface area contributed by atoms with Gasteiger partial charge in [-0.1, -0.05) is 6.07 Å². The number of phenolic OH excluding ortho intramolecular Hbond substituents is 1. The molecule has 6 aliphatic carbocycles. The lowest BCUT2D eigenvalue weighted by atomic mass is 9.33. The van der Waals surface area contributed by atoms with Gasteiger partial charge in [-0.2, -0.15) is 0 Å². The Bertz CT molecular complexity index is 1050. The van der Waals surface area contributed by atoms with E-state index in [2.05, 4.69) is 17.9 Å². The van der Waals surface area contributed by atoms with E-state index < -0.39 is 11.2 Å². The minimum atomic E-state index is -0.735. The maximum Gasteiger partial charge on any atom is 0.165 e. The molecule has 2 spiro atoms. The number of nitrogens with zero attached hydrogens (tertiary/aromatic N) is 1. The van der Waals surface area contributed by atoms with Crippen molar-refractivity contribution in [2.24, 2.45) is 23.2 Å². The highest BCUT2D eigenvalue weighted by molar-refractivity contribution is 5.63. The quantitative estimate of drug-likeness (QED) is 0.714. The Morgan fingerprint density at radius 2 is 2.00 bits per heavy atom. The minimum Gasteiger partial charge on any atom is -0.504 e. The standard InChI is InChI=1S/C28H37NO4/c1-25(31,18-6-7-18)20-14-26-9-10-28(20,32-2)24-27(26)11-12-29(15-16-3-4-16)21(26)13-17-5-8-19(30)23(33-24)22(17)27/h5,8,16,18,20-21,24,30-31H,3-4,6-7,9-15H2,1-2H3/t20-,21-,24-,25+,26-,27+,28-/m1/s1. The predicted octanol–water partition coefficient (Wildman–Crippen LogP) is 3.78. The number of ether oxygens (including phenoxy) is 2. The van der Waals surface area contributed by atoms with Crippen LogP contribution >= 0.6 is 0 Å². The molecule has 4 bridgehead atoms. The zero-order valence-corrected chi connectivity index (χ0v) is 20.0. The van der Waals surface area contributed by atoms with E-state index in [1.807, 2.05) is 13.2 Å². The number of hydrogen-bond acceptors (Lipinski definition) is 5. The summed E-state index contributed by atoms with van der Waals surface area (Å²) in [5.41, 5.74) is 1.43. The molecular formula is C28H37NO4. The van der Waals surface area contributed by atoms with E-state index in [9.17, 15) is 10.2 Å². The SMILES string of the molecule is CO[C@]12CC[C@@]3(C[C@@H]1[C@@](C)(O)C1CC1)[C@H]1Cc4ccc(O)c5c4[C@@]3(CCN1CC1CC1)[C@H]2O5. The first-order chi connectivity index (χ1) is 15.9. The normalized spacial score (nSPS) is 46.6. The predicted molar refractivity (Wildman–Crippen MR) is 123 cm³/mol. The van der Waals surface area contributed by atoms with Crippen molar-refractivity contribution in [1.29, 1.82) is 0 Å². The first-order valence-corrected chi connectivity index (χ1v) is 13.4. The van der Waals surface area contributed by atoms with Crippen molar-refractivity contribution in [3.63, 3.8) is 0 Å². The highest BCUT2D eigenvalue weighted by Crippen LogP contribution is 2.78. The van der Waals surface area contributed by atoms with Crippen molar-refractivity contribution in [3.8, 4) is 11.5 Å². The van der Waals surface area contributed by atoms with Gasteiger partial charge in [0.15, 0.2) is 11.5 Å². The van der Waals surface area contributed by atoms with Crippen molar-refractivity contribution in [2.75, 3.05) is 20.2 Å². The Morgan fingerprint density at radius 3 is 2.73 bits per heavy atom. The number of likely N-dealkylation sites (tertiary alicyclic amines) is 1. The summed E-state index contributed by atoms with van der Waals surface area (Å²) in [7, 11) is 1.85. The van der Waals surface area contributed by atoms with Gasteiger partial charge in [-0.15, -0.1) is 0 Å². The molecule has 6 fully saturated rings. The highest BCUT2D eigenvalue weighted by Gasteiger charge is 2.82. The minimum absolute atomic E-state index is 0.0655. The summed E-state index contributed by atoms with van der Waals surface area (Å²) >= 11 is 0. The second-order valence-corrected chi connectivity index (χ2v) is 12.9. The van der Waals surface area contributed by atoms with Gasteiger partial charge in [0.2, 0.25) is 0 Å². The van der Waals surface area contributed by atoms with Crippen LogP contribution in [-0.2, 0) is 16.6 Å². The molecule has 178 valence electrons. The fourth-order valence-electron chi connectivity index (χ4n) is 10.0. The molecule has 2 N–H and O–H groups in total. The van der Waals surface area contributed by atoms with Crippen molar-refractivity contribution < 1.29 is 19.7 Å². The summed E-state index contributed by atoms with van der Waals surface area (Å²) in [5.74, 6) is 2.32. The van der Waals surface area contributed by atoms with E-state index in [4.69, 9.17) is 9.47 Å². The lowest BCUT2D eigenvalue weighted by molar-refractivity contribution is -0.304. The van der Waals surface area contributed by atoms with Gasteiger partial charge in [-0.3, -0.25) is 4.90 Å². The van der Waals surface area contributed by atoms with Crippen LogP contribution in [0.15, 0.2) is 12.1 Å². The second kappa shape index (κ2) is 5.91. The van der Waals surface area contributed by atoms with E-state index in [-0.39, 0.29) is 28.6 Å². The van der Waals surface area contributed by atoms with E-state index in [0.29, 0.717) is 12.0 Å². The van der Waals surface area contributed by atoms with Gasteiger partial charge in [0.25, 0.3) is 0 Å². The van der Waals surface area contributed by atoms with Gasteiger partial charge < -0.3 is 19.7 Å². The Balaban J connectivity index is 1.37. The lowest BCUT2D eigenvalue weighted by Gasteiger charge is -2.75. The molecule has 1 saturated heterocycles. The molecule has 7 atom stereocenters. The molecule has 0 amide bonds. The molecule has 1 aromatic rings. The van der Waals surface area contributed by atoms with Crippen LogP contribution < -0.4 is 4.74 Å². The second-order valence-electron chi connectivity index (χ2n) is 12.9.